The third-order valence-corrected chi connectivity index (χ3v) is 0.608. The van der Waals surface area contributed by atoms with Crippen LogP contribution in [0.25, 0.3) is 0 Å². The lowest BCUT2D eigenvalue weighted by Gasteiger charge is -2.02. The zero-order chi connectivity index (χ0) is 9.23. The molecule has 0 aliphatic rings. The van der Waals surface area contributed by atoms with Crippen molar-refractivity contribution in [2.45, 2.75) is 6.18 Å². The minimum Gasteiger partial charge on any atom is -0.202 e. The Morgan fingerprint density at radius 1 is 0.818 bits per heavy atom. The molecule has 0 saturated carbocycles. The molecule has 0 unspecified atom stereocenters. The second kappa shape index (κ2) is 3.10. The zero-order valence-corrected chi connectivity index (χ0v) is 4.65. The van der Waals surface area contributed by atoms with E-state index < -0.39 is 24.3 Å². The Bertz CT molecular complexity index is 164. The quantitative estimate of drug-likeness (QED) is 0.545. The fourth-order valence-corrected chi connectivity index (χ4v) is 0.207. The van der Waals surface area contributed by atoms with Crippen LogP contribution in [0.1, 0.15) is 0 Å². The highest BCUT2D eigenvalue weighted by Crippen LogP contribution is 2.34. The maximum absolute atomic E-state index is 11.4. The topological polar surface area (TPSA) is 0 Å². The molecule has 0 aromatic rings. The summed E-state index contributed by atoms with van der Waals surface area (Å²) in [6, 6.07) is 0. The van der Waals surface area contributed by atoms with Gasteiger partial charge in [-0.3, -0.25) is 0 Å². The minimum atomic E-state index is -5.70. The Morgan fingerprint density at radius 3 is 1.27 bits per heavy atom. The van der Waals surface area contributed by atoms with Crippen LogP contribution in [-0.4, -0.2) is 6.18 Å². The number of allylic oxidation sites excluding steroid dienone is 2. The van der Waals surface area contributed by atoms with Crippen molar-refractivity contribution < 1.29 is 30.7 Å². The Labute approximate surface area is 56.3 Å². The van der Waals surface area contributed by atoms with E-state index in [1.807, 2.05) is 0 Å². The second-order valence-corrected chi connectivity index (χ2v) is 1.39. The SMILES string of the molecule is F[C](F)C(F)=C(F)C(F)(F)F. The molecule has 0 fully saturated rings. The van der Waals surface area contributed by atoms with E-state index in [1.165, 1.54) is 0 Å². The largest absolute Gasteiger partial charge is 0.445 e. The summed E-state index contributed by atoms with van der Waals surface area (Å²) in [6.07, 6.45) is -9.03. The van der Waals surface area contributed by atoms with E-state index >= 15 is 0 Å². The molecule has 7 heteroatoms. The third kappa shape index (κ3) is 2.77. The molecule has 0 bridgehead atoms. The molecule has 0 spiro atoms. The molecule has 0 amide bonds. The predicted molar refractivity (Wildman–Crippen MR) is 20.8 cm³/mol. The lowest BCUT2D eigenvalue weighted by molar-refractivity contribution is -0.112. The van der Waals surface area contributed by atoms with Gasteiger partial charge < -0.3 is 0 Å². The fraction of sp³-hybridized carbons (Fsp3) is 0.250. The van der Waals surface area contributed by atoms with Crippen molar-refractivity contribution in [2.24, 2.45) is 0 Å². The molecule has 0 aromatic carbocycles. The number of alkyl halides is 3. The smallest absolute Gasteiger partial charge is 0.202 e. The Hall–Kier alpha value is -0.750. The molecular formula is C4F7. The van der Waals surface area contributed by atoms with E-state index in [4.69, 9.17) is 0 Å². The van der Waals surface area contributed by atoms with Gasteiger partial charge in [-0.1, -0.05) is 0 Å². The van der Waals surface area contributed by atoms with Crippen LogP contribution in [-0.2, 0) is 0 Å². The average molecular weight is 181 g/mol. The van der Waals surface area contributed by atoms with Gasteiger partial charge in [-0.2, -0.15) is 26.3 Å². The second-order valence-electron chi connectivity index (χ2n) is 1.39. The molecular weight excluding hydrogens is 181 g/mol. The van der Waals surface area contributed by atoms with Crippen LogP contribution < -0.4 is 0 Å². The fourth-order valence-electron chi connectivity index (χ4n) is 0.207. The molecule has 0 heterocycles. The van der Waals surface area contributed by atoms with Crippen molar-refractivity contribution in [3.63, 3.8) is 0 Å². The van der Waals surface area contributed by atoms with E-state index in [2.05, 4.69) is 0 Å². The Balaban J connectivity index is 4.67. The van der Waals surface area contributed by atoms with Gasteiger partial charge in [0.1, 0.15) is 0 Å². The summed E-state index contributed by atoms with van der Waals surface area (Å²) < 4.78 is 77.9. The summed E-state index contributed by atoms with van der Waals surface area (Å²) in [5.74, 6) is -6.59. The normalized spacial score (nSPS) is 15.3. The highest BCUT2D eigenvalue weighted by atomic mass is 19.4. The number of hydrogen-bond donors (Lipinski definition) is 0. The lowest BCUT2D eigenvalue weighted by atomic mass is 10.4. The van der Waals surface area contributed by atoms with Gasteiger partial charge in [0.25, 0.3) is 0 Å². The molecule has 0 aromatic heterocycles. The van der Waals surface area contributed by atoms with Crippen LogP contribution in [0.15, 0.2) is 11.7 Å². The van der Waals surface area contributed by atoms with Gasteiger partial charge >= 0.3 is 12.6 Å². The summed E-state index contributed by atoms with van der Waals surface area (Å²) in [5, 5.41) is 0. The first kappa shape index (κ1) is 10.2. The van der Waals surface area contributed by atoms with E-state index in [0.717, 1.165) is 0 Å². The monoisotopic (exact) mass is 181 g/mol. The third-order valence-electron chi connectivity index (χ3n) is 0.608. The first-order valence-corrected chi connectivity index (χ1v) is 2.07. The summed E-state index contributed by atoms with van der Waals surface area (Å²) in [7, 11) is 0. The molecule has 0 aliphatic carbocycles. The van der Waals surface area contributed by atoms with Crippen LogP contribution in [0.3, 0.4) is 0 Å². The van der Waals surface area contributed by atoms with Crippen molar-refractivity contribution in [2.75, 3.05) is 0 Å². The van der Waals surface area contributed by atoms with E-state index in [-0.39, 0.29) is 0 Å². The predicted octanol–water partition coefficient (Wildman–Crippen LogP) is 3.13. The summed E-state index contributed by atoms with van der Waals surface area (Å²) in [5.41, 5.74) is 0. The van der Waals surface area contributed by atoms with E-state index in [0.29, 0.717) is 0 Å². The van der Waals surface area contributed by atoms with Crippen molar-refractivity contribution >= 4 is 0 Å². The van der Waals surface area contributed by atoms with E-state index in [1.54, 1.807) is 0 Å². The number of halogens is 7. The van der Waals surface area contributed by atoms with Crippen molar-refractivity contribution in [1.82, 2.24) is 0 Å². The van der Waals surface area contributed by atoms with Crippen LogP contribution in [0.5, 0.6) is 0 Å². The van der Waals surface area contributed by atoms with Crippen LogP contribution in [0.4, 0.5) is 30.7 Å². The van der Waals surface area contributed by atoms with Gasteiger partial charge in [0, 0.05) is 0 Å². The number of hydrogen-bond acceptors (Lipinski definition) is 0. The summed E-state index contributed by atoms with van der Waals surface area (Å²) in [6.45, 7) is 0. The summed E-state index contributed by atoms with van der Waals surface area (Å²) >= 11 is 0. The average Bonchev–Trinajstić information content (AvgIpc) is 1.82. The van der Waals surface area contributed by atoms with Gasteiger partial charge in [-0.15, -0.1) is 0 Å². The van der Waals surface area contributed by atoms with Crippen molar-refractivity contribution in [3.05, 3.63) is 18.1 Å². The minimum absolute atomic E-state index is 3.17. The standard InChI is InChI=1S/C4F7/c5-1(3(7)8)2(6)4(9,10)11. The molecule has 0 atom stereocenters. The van der Waals surface area contributed by atoms with Crippen molar-refractivity contribution in [3.8, 4) is 0 Å². The molecule has 0 aliphatic heterocycles. The first-order valence-electron chi connectivity index (χ1n) is 2.07. The molecule has 0 rings (SSSR count). The first-order chi connectivity index (χ1) is 4.76. The Kier molecular flexibility index (Phi) is 2.89. The molecule has 65 valence electrons. The highest BCUT2D eigenvalue weighted by Gasteiger charge is 2.40. The molecule has 11 heavy (non-hydrogen) atoms. The van der Waals surface area contributed by atoms with Gasteiger partial charge in [-0.25, -0.2) is 4.39 Å². The maximum atomic E-state index is 11.4. The van der Waals surface area contributed by atoms with Crippen LogP contribution >= 0.6 is 0 Å². The van der Waals surface area contributed by atoms with Crippen LogP contribution in [0.2, 0.25) is 0 Å². The van der Waals surface area contributed by atoms with Gasteiger partial charge in [-0.05, 0) is 0 Å². The Morgan fingerprint density at radius 2 is 1.18 bits per heavy atom. The lowest BCUT2D eigenvalue weighted by Crippen LogP contribution is -2.10. The van der Waals surface area contributed by atoms with Gasteiger partial charge in [0.2, 0.25) is 11.7 Å². The number of rotatable bonds is 1. The van der Waals surface area contributed by atoms with Crippen molar-refractivity contribution in [1.29, 1.82) is 0 Å². The molecule has 0 saturated heterocycles. The summed E-state index contributed by atoms with van der Waals surface area (Å²) in [4.78, 5) is 0. The van der Waals surface area contributed by atoms with Crippen LogP contribution in [0, 0.1) is 6.43 Å². The molecule has 0 N–H and O–H groups in total. The van der Waals surface area contributed by atoms with E-state index in [9.17, 15) is 30.7 Å². The van der Waals surface area contributed by atoms with Gasteiger partial charge in [0.15, 0.2) is 0 Å². The zero-order valence-electron chi connectivity index (χ0n) is 4.65. The molecule has 0 nitrogen and oxygen atoms in total. The molecule has 1 radical (unpaired) electrons. The highest BCUT2D eigenvalue weighted by molar-refractivity contribution is 5.14. The van der Waals surface area contributed by atoms with Gasteiger partial charge in [0.05, 0.1) is 0 Å². The maximum Gasteiger partial charge on any atom is 0.445 e.